The van der Waals surface area contributed by atoms with Crippen LogP contribution in [0.25, 0.3) is 0 Å². The Hall–Kier alpha value is -1.14. The van der Waals surface area contributed by atoms with Crippen LogP contribution in [0.2, 0.25) is 0 Å². The largest absolute Gasteiger partial charge is 0.480 e. The number of carboxylic acid groups (broad SMARTS) is 1. The molecule has 110 valence electrons. The van der Waals surface area contributed by atoms with Crippen molar-refractivity contribution >= 4 is 17.7 Å². The minimum atomic E-state index is -0.795. The second kappa shape index (κ2) is 6.10. The molecule has 1 aliphatic rings. The number of nitrogens with one attached hydrogen (secondary N) is 1. The number of hydrogen-bond acceptors (Lipinski definition) is 5. The van der Waals surface area contributed by atoms with E-state index in [-0.39, 0.29) is 11.3 Å². The first-order valence-corrected chi connectivity index (χ1v) is 7.76. The van der Waals surface area contributed by atoms with Crippen molar-refractivity contribution in [1.82, 2.24) is 15.3 Å². The molecule has 1 aromatic heterocycles. The molecule has 5 nitrogen and oxygen atoms in total. The van der Waals surface area contributed by atoms with E-state index in [1.807, 2.05) is 20.8 Å². The zero-order chi connectivity index (χ0) is 14.8. The summed E-state index contributed by atoms with van der Waals surface area (Å²) in [6.45, 7) is 5.91. The summed E-state index contributed by atoms with van der Waals surface area (Å²) >= 11 is 1.58. The fourth-order valence-electron chi connectivity index (χ4n) is 2.63. The Bertz CT molecular complexity index is 478. The summed E-state index contributed by atoms with van der Waals surface area (Å²) in [4.78, 5) is 20.2. The Kier molecular flexibility index (Phi) is 4.65. The van der Waals surface area contributed by atoms with E-state index in [9.17, 15) is 9.90 Å². The van der Waals surface area contributed by atoms with Crippen LogP contribution in [0.1, 0.15) is 38.7 Å². The van der Waals surface area contributed by atoms with E-state index < -0.39 is 11.5 Å². The number of nitrogens with zero attached hydrogens (tertiary/aromatic N) is 2. The highest BCUT2D eigenvalue weighted by molar-refractivity contribution is 7.99. The van der Waals surface area contributed by atoms with Gasteiger partial charge in [0, 0.05) is 23.7 Å². The van der Waals surface area contributed by atoms with Crippen molar-refractivity contribution in [3.8, 4) is 0 Å². The Balaban J connectivity index is 2.03. The fourth-order valence-corrected chi connectivity index (χ4v) is 3.76. The summed E-state index contributed by atoms with van der Waals surface area (Å²) in [5.74, 6) is -0.751. The van der Waals surface area contributed by atoms with Gasteiger partial charge in [-0.2, -0.15) is 0 Å². The summed E-state index contributed by atoms with van der Waals surface area (Å²) in [6, 6.07) is 0.158. The van der Waals surface area contributed by atoms with Crippen molar-refractivity contribution in [3.63, 3.8) is 0 Å². The predicted molar refractivity (Wildman–Crippen MR) is 78.9 cm³/mol. The lowest BCUT2D eigenvalue weighted by molar-refractivity contribution is -0.145. The Labute approximate surface area is 123 Å². The molecule has 1 fully saturated rings. The lowest BCUT2D eigenvalue weighted by Gasteiger charge is -2.28. The van der Waals surface area contributed by atoms with Crippen LogP contribution in [-0.4, -0.2) is 37.9 Å². The van der Waals surface area contributed by atoms with Crippen molar-refractivity contribution in [2.45, 2.75) is 62.0 Å². The van der Waals surface area contributed by atoms with Gasteiger partial charge in [0.2, 0.25) is 0 Å². The third kappa shape index (κ3) is 3.49. The number of rotatable bonds is 5. The molecule has 1 aliphatic carbocycles. The van der Waals surface area contributed by atoms with Gasteiger partial charge in [0.15, 0.2) is 5.16 Å². The van der Waals surface area contributed by atoms with E-state index in [1.165, 1.54) is 0 Å². The number of thioether (sulfide) groups is 1. The van der Waals surface area contributed by atoms with Crippen molar-refractivity contribution in [2.24, 2.45) is 0 Å². The van der Waals surface area contributed by atoms with Gasteiger partial charge in [-0.05, 0) is 45.6 Å². The first-order chi connectivity index (χ1) is 9.41. The van der Waals surface area contributed by atoms with Crippen molar-refractivity contribution in [1.29, 1.82) is 0 Å². The quantitative estimate of drug-likeness (QED) is 0.812. The predicted octanol–water partition coefficient (Wildman–Crippen LogP) is 2.25. The molecule has 0 aromatic carbocycles. The van der Waals surface area contributed by atoms with E-state index in [0.717, 1.165) is 17.1 Å². The van der Waals surface area contributed by atoms with E-state index >= 15 is 0 Å². The number of carbonyl (C=O) groups is 1. The summed E-state index contributed by atoms with van der Waals surface area (Å²) < 4.78 is 0. The second-order valence-corrected chi connectivity index (χ2v) is 6.98. The number of aryl methyl sites for hydroxylation is 1. The van der Waals surface area contributed by atoms with Crippen LogP contribution in [0.5, 0.6) is 0 Å². The van der Waals surface area contributed by atoms with Crippen LogP contribution in [0.3, 0.4) is 0 Å². The number of carboxylic acids is 1. The second-order valence-electron chi connectivity index (χ2n) is 5.71. The van der Waals surface area contributed by atoms with Crippen LogP contribution in [-0.2, 0) is 4.79 Å². The molecule has 2 unspecified atom stereocenters. The highest BCUT2D eigenvalue weighted by atomic mass is 32.2. The minimum Gasteiger partial charge on any atom is -0.480 e. The number of aromatic nitrogens is 2. The lowest BCUT2D eigenvalue weighted by atomic mass is 9.97. The zero-order valence-corrected chi connectivity index (χ0v) is 12.9. The Morgan fingerprint density at radius 2 is 2.15 bits per heavy atom. The Morgan fingerprint density at radius 1 is 1.50 bits per heavy atom. The molecule has 0 amide bonds. The first-order valence-electron chi connectivity index (χ1n) is 6.88. The first kappa shape index (κ1) is 15.3. The van der Waals surface area contributed by atoms with E-state index in [4.69, 9.17) is 0 Å². The van der Waals surface area contributed by atoms with Crippen molar-refractivity contribution in [2.75, 3.05) is 0 Å². The van der Waals surface area contributed by atoms with Gasteiger partial charge >= 0.3 is 5.97 Å². The summed E-state index contributed by atoms with van der Waals surface area (Å²) in [6.07, 6.45) is 5.72. The minimum absolute atomic E-state index is 0.158. The monoisotopic (exact) mass is 295 g/mol. The summed E-state index contributed by atoms with van der Waals surface area (Å²) in [5, 5.41) is 13.7. The highest BCUT2D eigenvalue weighted by Gasteiger charge is 2.46. The fraction of sp³-hybridized carbons (Fsp3) is 0.643. The third-order valence-corrected chi connectivity index (χ3v) is 4.63. The SMILES string of the molecule is Cc1cnc(SC2CCC(NC(C)C)(C(=O)O)C2)nc1. The standard InChI is InChI=1S/C14H21N3O2S/c1-9(2)17-14(12(18)19)5-4-11(6-14)20-13-15-7-10(3)8-16-13/h7-9,11,17H,4-6H2,1-3H3,(H,18,19). The maximum atomic E-state index is 11.6. The van der Waals surface area contributed by atoms with Gasteiger partial charge in [-0.25, -0.2) is 9.97 Å². The third-order valence-electron chi connectivity index (χ3n) is 3.47. The number of aliphatic carboxylic acids is 1. The van der Waals surface area contributed by atoms with Gasteiger partial charge < -0.3 is 5.11 Å². The molecule has 2 N–H and O–H groups in total. The molecule has 1 saturated carbocycles. The molecule has 20 heavy (non-hydrogen) atoms. The van der Waals surface area contributed by atoms with Crippen molar-refractivity contribution in [3.05, 3.63) is 18.0 Å². The van der Waals surface area contributed by atoms with Gasteiger partial charge in [-0.3, -0.25) is 10.1 Å². The molecule has 0 aliphatic heterocycles. The molecule has 0 saturated heterocycles. The van der Waals surface area contributed by atoms with Gasteiger partial charge in [-0.1, -0.05) is 11.8 Å². The van der Waals surface area contributed by atoms with Crippen molar-refractivity contribution < 1.29 is 9.90 Å². The molecule has 0 bridgehead atoms. The lowest BCUT2D eigenvalue weighted by Crippen LogP contribution is -2.53. The molecule has 0 radical (unpaired) electrons. The molecular weight excluding hydrogens is 274 g/mol. The van der Waals surface area contributed by atoms with Crippen LogP contribution in [0.15, 0.2) is 17.6 Å². The van der Waals surface area contributed by atoms with Gasteiger partial charge in [0.1, 0.15) is 5.54 Å². The average Bonchev–Trinajstić information content (AvgIpc) is 2.76. The van der Waals surface area contributed by atoms with Crippen LogP contribution in [0.4, 0.5) is 0 Å². The van der Waals surface area contributed by atoms with E-state index in [0.29, 0.717) is 12.8 Å². The smallest absolute Gasteiger partial charge is 0.323 e. The van der Waals surface area contributed by atoms with Crippen LogP contribution >= 0.6 is 11.8 Å². The summed E-state index contributed by atoms with van der Waals surface area (Å²) in [7, 11) is 0. The van der Waals surface area contributed by atoms with Gasteiger partial charge in [-0.15, -0.1) is 0 Å². The topological polar surface area (TPSA) is 75.1 Å². The van der Waals surface area contributed by atoms with E-state index in [2.05, 4.69) is 15.3 Å². The molecule has 0 spiro atoms. The maximum absolute atomic E-state index is 11.6. The summed E-state index contributed by atoms with van der Waals surface area (Å²) in [5.41, 5.74) is 0.235. The molecule has 1 heterocycles. The number of hydrogen-bond donors (Lipinski definition) is 2. The van der Waals surface area contributed by atoms with Gasteiger partial charge in [0.05, 0.1) is 0 Å². The molecule has 1 aromatic rings. The average molecular weight is 295 g/mol. The maximum Gasteiger partial charge on any atom is 0.323 e. The molecule has 2 rings (SSSR count). The molecule has 6 heteroatoms. The van der Waals surface area contributed by atoms with Crippen LogP contribution in [0, 0.1) is 6.92 Å². The highest BCUT2D eigenvalue weighted by Crippen LogP contribution is 2.39. The molecule has 2 atom stereocenters. The normalized spacial score (nSPS) is 26.1. The Morgan fingerprint density at radius 3 is 2.70 bits per heavy atom. The molecular formula is C14H21N3O2S. The van der Waals surface area contributed by atoms with Crippen LogP contribution < -0.4 is 5.32 Å². The zero-order valence-electron chi connectivity index (χ0n) is 12.1. The van der Waals surface area contributed by atoms with Gasteiger partial charge in [0.25, 0.3) is 0 Å². The van der Waals surface area contributed by atoms with E-state index in [1.54, 1.807) is 24.2 Å².